The van der Waals surface area contributed by atoms with E-state index in [1.165, 1.54) is 12.8 Å². The molecule has 0 aromatic rings. The molecular formula is C11H24N4O2. The van der Waals surface area contributed by atoms with Crippen molar-refractivity contribution < 1.29 is 9.47 Å². The number of guanidine groups is 1. The number of hydrazine groups is 1. The van der Waals surface area contributed by atoms with Gasteiger partial charge in [0.05, 0.1) is 12.7 Å². The van der Waals surface area contributed by atoms with Gasteiger partial charge < -0.3 is 14.8 Å². The van der Waals surface area contributed by atoms with Gasteiger partial charge in [-0.05, 0) is 25.7 Å². The van der Waals surface area contributed by atoms with E-state index in [2.05, 4.69) is 15.7 Å². The largest absolute Gasteiger partial charge is 0.383 e. The third kappa shape index (κ3) is 6.45. The van der Waals surface area contributed by atoms with Crippen LogP contribution in [-0.2, 0) is 9.47 Å². The predicted molar refractivity (Wildman–Crippen MR) is 67.7 cm³/mol. The summed E-state index contributed by atoms with van der Waals surface area (Å²) in [5.41, 5.74) is 2.54. The van der Waals surface area contributed by atoms with E-state index in [1.54, 1.807) is 7.11 Å². The monoisotopic (exact) mass is 244 g/mol. The highest BCUT2D eigenvalue weighted by Crippen LogP contribution is 2.15. The molecule has 6 nitrogen and oxygen atoms in total. The zero-order valence-corrected chi connectivity index (χ0v) is 10.6. The number of hydrogen-bond donors (Lipinski definition) is 3. The van der Waals surface area contributed by atoms with Crippen LogP contribution in [0.15, 0.2) is 4.99 Å². The summed E-state index contributed by atoms with van der Waals surface area (Å²) in [6.07, 6.45) is 4.93. The summed E-state index contributed by atoms with van der Waals surface area (Å²) in [5, 5.41) is 3.06. The molecule has 0 aromatic carbocycles. The first-order valence-electron chi connectivity index (χ1n) is 6.22. The molecule has 1 unspecified atom stereocenters. The Morgan fingerprint density at radius 1 is 1.53 bits per heavy atom. The molecule has 0 amide bonds. The maximum Gasteiger partial charge on any atom is 0.205 e. The second kappa shape index (κ2) is 9.21. The second-order valence-electron chi connectivity index (χ2n) is 4.07. The number of aliphatic imine (C=N–C) groups is 1. The van der Waals surface area contributed by atoms with E-state index in [-0.39, 0.29) is 0 Å². The fourth-order valence-corrected chi connectivity index (χ4v) is 1.78. The van der Waals surface area contributed by atoms with Crippen LogP contribution >= 0.6 is 0 Å². The number of methoxy groups -OCH3 is 1. The predicted octanol–water partition coefficient (Wildman–Crippen LogP) is 0.000900. The second-order valence-corrected chi connectivity index (χ2v) is 4.07. The van der Waals surface area contributed by atoms with Crippen molar-refractivity contribution in [3.63, 3.8) is 0 Å². The van der Waals surface area contributed by atoms with Crippen molar-refractivity contribution in [1.29, 1.82) is 0 Å². The smallest absolute Gasteiger partial charge is 0.205 e. The molecule has 1 aliphatic heterocycles. The van der Waals surface area contributed by atoms with Crippen molar-refractivity contribution in [3.05, 3.63) is 0 Å². The van der Waals surface area contributed by atoms with Gasteiger partial charge in [0.1, 0.15) is 0 Å². The number of rotatable bonds is 6. The number of ether oxygens (including phenoxy) is 2. The Hall–Kier alpha value is -0.850. The Kier molecular flexibility index (Phi) is 7.70. The van der Waals surface area contributed by atoms with Crippen LogP contribution in [0, 0.1) is 0 Å². The van der Waals surface area contributed by atoms with Crippen LogP contribution in [0.2, 0.25) is 0 Å². The third-order valence-electron chi connectivity index (χ3n) is 2.73. The normalized spacial score (nSPS) is 21.3. The molecule has 0 bridgehead atoms. The lowest BCUT2D eigenvalue weighted by Gasteiger charge is -2.21. The molecule has 1 saturated heterocycles. The van der Waals surface area contributed by atoms with E-state index in [4.69, 9.17) is 15.3 Å². The summed E-state index contributed by atoms with van der Waals surface area (Å²) in [5.74, 6) is 5.97. The Morgan fingerprint density at radius 3 is 3.06 bits per heavy atom. The van der Waals surface area contributed by atoms with E-state index in [1.807, 2.05) is 0 Å². The standard InChI is InChI=1S/C11H24N4O2/c1-16-9-7-14-11(15-12)13-6-5-10-4-2-3-8-17-10/h10H,2-9,12H2,1H3,(H2,13,14,15). The maximum atomic E-state index is 5.63. The Bertz CT molecular complexity index is 218. The molecule has 4 N–H and O–H groups in total. The molecule has 6 heteroatoms. The van der Waals surface area contributed by atoms with E-state index in [0.29, 0.717) is 25.2 Å². The molecule has 0 aliphatic carbocycles. The quantitative estimate of drug-likeness (QED) is 0.201. The molecule has 17 heavy (non-hydrogen) atoms. The van der Waals surface area contributed by atoms with Crippen LogP contribution in [0.5, 0.6) is 0 Å². The summed E-state index contributed by atoms with van der Waals surface area (Å²) in [6, 6.07) is 0. The number of nitrogens with two attached hydrogens (primary N) is 1. The van der Waals surface area contributed by atoms with Crippen molar-refractivity contribution in [1.82, 2.24) is 10.7 Å². The number of hydrogen-bond acceptors (Lipinski definition) is 4. The van der Waals surface area contributed by atoms with Crippen LogP contribution in [0.3, 0.4) is 0 Å². The van der Waals surface area contributed by atoms with E-state index in [0.717, 1.165) is 26.0 Å². The van der Waals surface area contributed by atoms with Gasteiger partial charge in [0, 0.05) is 26.8 Å². The molecule has 0 radical (unpaired) electrons. The van der Waals surface area contributed by atoms with E-state index >= 15 is 0 Å². The van der Waals surface area contributed by atoms with Crippen molar-refractivity contribution in [2.24, 2.45) is 10.8 Å². The zero-order valence-electron chi connectivity index (χ0n) is 10.6. The fraction of sp³-hybridized carbons (Fsp3) is 0.909. The Balaban J connectivity index is 2.14. The van der Waals surface area contributed by atoms with Gasteiger partial charge in [-0.25, -0.2) is 5.84 Å². The van der Waals surface area contributed by atoms with Crippen LogP contribution in [-0.4, -0.2) is 45.5 Å². The highest BCUT2D eigenvalue weighted by atomic mass is 16.5. The average Bonchev–Trinajstić information content (AvgIpc) is 2.38. The highest BCUT2D eigenvalue weighted by Gasteiger charge is 2.12. The number of nitrogens with zero attached hydrogens (tertiary/aromatic N) is 1. The first-order chi connectivity index (χ1) is 8.36. The third-order valence-corrected chi connectivity index (χ3v) is 2.73. The minimum Gasteiger partial charge on any atom is -0.383 e. The summed E-state index contributed by atoms with van der Waals surface area (Å²) in [6.45, 7) is 2.94. The Labute approximate surface area is 103 Å². The van der Waals surface area contributed by atoms with Gasteiger partial charge in [-0.2, -0.15) is 0 Å². The minimum absolute atomic E-state index is 0.366. The summed E-state index contributed by atoms with van der Waals surface area (Å²) >= 11 is 0. The molecule has 1 atom stereocenters. The molecule has 0 spiro atoms. The number of nitrogens with one attached hydrogen (secondary N) is 2. The summed E-state index contributed by atoms with van der Waals surface area (Å²) < 4.78 is 10.6. The molecule has 1 heterocycles. The summed E-state index contributed by atoms with van der Waals surface area (Å²) in [7, 11) is 1.66. The molecule has 1 aliphatic rings. The summed E-state index contributed by atoms with van der Waals surface area (Å²) in [4.78, 5) is 4.34. The van der Waals surface area contributed by atoms with Gasteiger partial charge in [-0.15, -0.1) is 0 Å². The van der Waals surface area contributed by atoms with Gasteiger partial charge in [-0.1, -0.05) is 0 Å². The van der Waals surface area contributed by atoms with Crippen molar-refractivity contribution in [3.8, 4) is 0 Å². The molecule has 1 fully saturated rings. The van der Waals surface area contributed by atoms with Gasteiger partial charge in [-0.3, -0.25) is 10.4 Å². The lowest BCUT2D eigenvalue weighted by Crippen LogP contribution is -2.43. The van der Waals surface area contributed by atoms with Crippen molar-refractivity contribution >= 4 is 5.96 Å². The molecule has 0 aromatic heterocycles. The minimum atomic E-state index is 0.366. The lowest BCUT2D eigenvalue weighted by molar-refractivity contribution is 0.0129. The molecule has 100 valence electrons. The molecule has 1 rings (SSSR count). The van der Waals surface area contributed by atoms with Crippen LogP contribution in [0.1, 0.15) is 25.7 Å². The van der Waals surface area contributed by atoms with Gasteiger partial charge in [0.15, 0.2) is 0 Å². The average molecular weight is 244 g/mol. The van der Waals surface area contributed by atoms with Gasteiger partial charge >= 0.3 is 0 Å². The van der Waals surface area contributed by atoms with Crippen LogP contribution in [0.4, 0.5) is 0 Å². The lowest BCUT2D eigenvalue weighted by atomic mass is 10.1. The Morgan fingerprint density at radius 2 is 2.41 bits per heavy atom. The molecular weight excluding hydrogens is 220 g/mol. The zero-order chi connectivity index (χ0) is 12.3. The topological polar surface area (TPSA) is 80.9 Å². The van der Waals surface area contributed by atoms with Gasteiger partial charge in [0.25, 0.3) is 0 Å². The molecule has 0 saturated carbocycles. The SMILES string of the molecule is COCCNC(=NCCC1CCCCO1)NN. The van der Waals surface area contributed by atoms with Crippen molar-refractivity contribution in [2.75, 3.05) is 33.4 Å². The van der Waals surface area contributed by atoms with E-state index < -0.39 is 0 Å². The maximum absolute atomic E-state index is 5.63. The van der Waals surface area contributed by atoms with Crippen LogP contribution < -0.4 is 16.6 Å². The highest BCUT2D eigenvalue weighted by molar-refractivity contribution is 5.79. The van der Waals surface area contributed by atoms with Crippen molar-refractivity contribution in [2.45, 2.75) is 31.8 Å². The first-order valence-corrected chi connectivity index (χ1v) is 6.22. The van der Waals surface area contributed by atoms with Gasteiger partial charge in [0.2, 0.25) is 5.96 Å². The first kappa shape index (κ1) is 14.2. The van der Waals surface area contributed by atoms with E-state index in [9.17, 15) is 0 Å². The fourth-order valence-electron chi connectivity index (χ4n) is 1.78. The van der Waals surface area contributed by atoms with Crippen LogP contribution in [0.25, 0.3) is 0 Å².